The van der Waals surface area contributed by atoms with Crippen LogP contribution in [0.2, 0.25) is 5.02 Å². The van der Waals surface area contributed by atoms with Gasteiger partial charge in [-0.15, -0.1) is 0 Å². The van der Waals surface area contributed by atoms with Crippen LogP contribution in [-0.2, 0) is 10.2 Å². The highest BCUT2D eigenvalue weighted by atomic mass is 35.5. The Morgan fingerprint density at radius 2 is 2.00 bits per heavy atom. The summed E-state index contributed by atoms with van der Waals surface area (Å²) in [5.41, 5.74) is 0.191. The van der Waals surface area contributed by atoms with Crippen molar-refractivity contribution in [2.75, 3.05) is 5.32 Å². The van der Waals surface area contributed by atoms with Crippen LogP contribution in [0.4, 0.5) is 5.82 Å². The minimum atomic E-state index is -0.678. The number of nitrogens with one attached hydrogen (secondary N) is 1. The van der Waals surface area contributed by atoms with Crippen LogP contribution in [0.1, 0.15) is 19.4 Å². The first kappa shape index (κ1) is 13.6. The lowest BCUT2D eigenvalue weighted by Crippen LogP contribution is -2.34. The van der Waals surface area contributed by atoms with Crippen LogP contribution >= 0.6 is 11.6 Å². The second-order valence-electron chi connectivity index (χ2n) is 4.80. The van der Waals surface area contributed by atoms with E-state index in [1.807, 2.05) is 32.0 Å². The summed E-state index contributed by atoms with van der Waals surface area (Å²) < 4.78 is 0. The Morgan fingerprint density at radius 3 is 2.63 bits per heavy atom. The Labute approximate surface area is 117 Å². The van der Waals surface area contributed by atoms with E-state index in [0.29, 0.717) is 10.8 Å². The molecule has 1 amide bonds. The number of amides is 1. The van der Waals surface area contributed by atoms with Crippen LogP contribution in [0.15, 0.2) is 48.7 Å². The van der Waals surface area contributed by atoms with Gasteiger partial charge in [-0.3, -0.25) is 4.79 Å². The van der Waals surface area contributed by atoms with Crippen molar-refractivity contribution in [1.29, 1.82) is 0 Å². The molecule has 0 saturated carbocycles. The normalized spacial score (nSPS) is 11.1. The van der Waals surface area contributed by atoms with Gasteiger partial charge in [-0.1, -0.05) is 29.8 Å². The lowest BCUT2D eigenvalue weighted by molar-refractivity contribution is -0.120. The molecule has 0 spiro atoms. The SMILES string of the molecule is CC(C)(C(=O)Nc1ccccn1)c1cccc(Cl)c1. The predicted molar refractivity (Wildman–Crippen MR) is 77.3 cm³/mol. The number of benzene rings is 1. The molecule has 98 valence electrons. The van der Waals surface area contributed by atoms with Crippen LogP contribution in [-0.4, -0.2) is 10.9 Å². The summed E-state index contributed by atoms with van der Waals surface area (Å²) in [6.45, 7) is 3.72. The molecule has 0 fully saturated rings. The molecular formula is C15H15ClN2O. The van der Waals surface area contributed by atoms with Crippen molar-refractivity contribution in [3.8, 4) is 0 Å². The molecule has 0 radical (unpaired) electrons. The minimum Gasteiger partial charge on any atom is -0.310 e. The molecule has 0 saturated heterocycles. The molecule has 0 aliphatic carbocycles. The van der Waals surface area contributed by atoms with Gasteiger partial charge in [-0.05, 0) is 43.7 Å². The predicted octanol–water partition coefficient (Wildman–Crippen LogP) is 3.65. The lowest BCUT2D eigenvalue weighted by Gasteiger charge is -2.24. The van der Waals surface area contributed by atoms with Crippen LogP contribution in [0.25, 0.3) is 0 Å². The van der Waals surface area contributed by atoms with Crippen molar-refractivity contribution in [3.63, 3.8) is 0 Å². The van der Waals surface area contributed by atoms with E-state index < -0.39 is 5.41 Å². The van der Waals surface area contributed by atoms with Crippen molar-refractivity contribution < 1.29 is 4.79 Å². The van der Waals surface area contributed by atoms with Crippen LogP contribution in [0.3, 0.4) is 0 Å². The molecule has 2 aromatic rings. The van der Waals surface area contributed by atoms with Gasteiger partial charge in [0.2, 0.25) is 5.91 Å². The highest BCUT2D eigenvalue weighted by molar-refractivity contribution is 6.30. The zero-order valence-electron chi connectivity index (χ0n) is 10.9. The van der Waals surface area contributed by atoms with Crippen LogP contribution in [0, 0.1) is 0 Å². The van der Waals surface area contributed by atoms with Crippen LogP contribution < -0.4 is 5.32 Å². The highest BCUT2D eigenvalue weighted by Gasteiger charge is 2.30. The fourth-order valence-electron chi connectivity index (χ4n) is 1.72. The second kappa shape index (κ2) is 5.41. The molecule has 1 N–H and O–H groups in total. The molecule has 1 aromatic heterocycles. The number of hydrogen-bond acceptors (Lipinski definition) is 2. The summed E-state index contributed by atoms with van der Waals surface area (Å²) >= 11 is 5.97. The first-order valence-electron chi connectivity index (χ1n) is 5.98. The summed E-state index contributed by atoms with van der Waals surface area (Å²) in [6, 6.07) is 12.7. The van der Waals surface area contributed by atoms with Gasteiger partial charge in [0.15, 0.2) is 0 Å². The number of pyridine rings is 1. The minimum absolute atomic E-state index is 0.117. The van der Waals surface area contributed by atoms with Crippen LogP contribution in [0.5, 0.6) is 0 Å². The summed E-state index contributed by atoms with van der Waals surface area (Å²) in [5, 5.41) is 3.43. The topological polar surface area (TPSA) is 42.0 Å². The van der Waals surface area contributed by atoms with Crippen molar-refractivity contribution in [3.05, 3.63) is 59.2 Å². The molecule has 0 atom stereocenters. The third kappa shape index (κ3) is 3.12. The van der Waals surface area contributed by atoms with E-state index >= 15 is 0 Å². The van der Waals surface area contributed by atoms with E-state index in [0.717, 1.165) is 5.56 Å². The van der Waals surface area contributed by atoms with Gasteiger partial charge in [-0.25, -0.2) is 4.98 Å². The molecule has 4 heteroatoms. The average Bonchev–Trinajstić information content (AvgIpc) is 2.40. The van der Waals surface area contributed by atoms with Gasteiger partial charge in [-0.2, -0.15) is 0 Å². The maximum absolute atomic E-state index is 12.4. The Bertz CT molecular complexity index is 582. The number of anilines is 1. The number of nitrogens with zero attached hydrogens (tertiary/aromatic N) is 1. The molecule has 19 heavy (non-hydrogen) atoms. The first-order valence-corrected chi connectivity index (χ1v) is 6.36. The number of halogens is 1. The maximum Gasteiger partial charge on any atom is 0.235 e. The van der Waals surface area contributed by atoms with Gasteiger partial charge in [0.05, 0.1) is 5.41 Å². The van der Waals surface area contributed by atoms with E-state index in [1.54, 1.807) is 30.5 Å². The third-order valence-electron chi connectivity index (χ3n) is 3.02. The summed E-state index contributed by atoms with van der Waals surface area (Å²) in [7, 11) is 0. The standard InChI is InChI=1S/C15H15ClN2O/c1-15(2,11-6-5-7-12(16)10-11)14(19)18-13-8-3-4-9-17-13/h3-10H,1-2H3,(H,17,18,19). The summed E-state index contributed by atoms with van der Waals surface area (Å²) in [5.74, 6) is 0.427. The molecule has 1 heterocycles. The van der Waals surface area contributed by atoms with E-state index in [9.17, 15) is 4.79 Å². The smallest absolute Gasteiger partial charge is 0.235 e. The molecular weight excluding hydrogens is 260 g/mol. The Kier molecular flexibility index (Phi) is 3.86. The molecule has 1 aromatic carbocycles. The largest absolute Gasteiger partial charge is 0.310 e. The van der Waals surface area contributed by atoms with Gasteiger partial charge < -0.3 is 5.32 Å². The molecule has 0 aliphatic heterocycles. The third-order valence-corrected chi connectivity index (χ3v) is 3.26. The van der Waals surface area contributed by atoms with Gasteiger partial charge in [0.25, 0.3) is 0 Å². The maximum atomic E-state index is 12.4. The second-order valence-corrected chi connectivity index (χ2v) is 5.24. The lowest BCUT2D eigenvalue weighted by atomic mass is 9.84. The number of rotatable bonds is 3. The monoisotopic (exact) mass is 274 g/mol. The average molecular weight is 275 g/mol. The quantitative estimate of drug-likeness (QED) is 0.928. The van der Waals surface area contributed by atoms with Gasteiger partial charge >= 0.3 is 0 Å². The molecule has 2 rings (SSSR count). The fourth-order valence-corrected chi connectivity index (χ4v) is 1.91. The van der Waals surface area contributed by atoms with Crippen molar-refractivity contribution in [2.24, 2.45) is 0 Å². The number of carbonyl (C=O) groups excluding carboxylic acids is 1. The van der Waals surface area contributed by atoms with E-state index in [4.69, 9.17) is 11.6 Å². The van der Waals surface area contributed by atoms with Gasteiger partial charge in [0.1, 0.15) is 5.82 Å². The van der Waals surface area contributed by atoms with Gasteiger partial charge in [0, 0.05) is 11.2 Å². The zero-order valence-corrected chi connectivity index (χ0v) is 11.6. The number of aromatic nitrogens is 1. The van der Waals surface area contributed by atoms with Crippen molar-refractivity contribution in [2.45, 2.75) is 19.3 Å². The summed E-state index contributed by atoms with van der Waals surface area (Å²) in [4.78, 5) is 16.4. The number of hydrogen-bond donors (Lipinski definition) is 1. The number of carbonyl (C=O) groups is 1. The van der Waals surface area contributed by atoms with E-state index in [1.165, 1.54) is 0 Å². The van der Waals surface area contributed by atoms with Crippen molar-refractivity contribution in [1.82, 2.24) is 4.98 Å². The molecule has 0 aliphatic rings. The van der Waals surface area contributed by atoms with E-state index in [-0.39, 0.29) is 5.91 Å². The Balaban J connectivity index is 2.22. The zero-order chi connectivity index (χ0) is 13.9. The summed E-state index contributed by atoms with van der Waals surface area (Å²) in [6.07, 6.45) is 1.64. The Hall–Kier alpha value is -1.87. The molecule has 0 unspecified atom stereocenters. The van der Waals surface area contributed by atoms with Crippen molar-refractivity contribution >= 4 is 23.3 Å². The molecule has 3 nitrogen and oxygen atoms in total. The first-order chi connectivity index (χ1) is 9.00. The highest BCUT2D eigenvalue weighted by Crippen LogP contribution is 2.26. The Morgan fingerprint density at radius 1 is 1.21 bits per heavy atom. The molecule has 0 bridgehead atoms. The van der Waals surface area contributed by atoms with E-state index in [2.05, 4.69) is 10.3 Å². The fraction of sp³-hybridized carbons (Fsp3) is 0.200.